The SMILES string of the molecule is CC(C)c1cccc(-c2c[nH]c(=O)c3cccc(O)c23)c1. The minimum absolute atomic E-state index is 0.128. The van der Waals surface area contributed by atoms with Gasteiger partial charge in [0.05, 0.1) is 5.39 Å². The zero-order valence-electron chi connectivity index (χ0n) is 12.1. The topological polar surface area (TPSA) is 53.1 Å². The molecule has 3 aromatic rings. The molecular weight excluding hydrogens is 262 g/mol. The smallest absolute Gasteiger partial charge is 0.255 e. The lowest BCUT2D eigenvalue weighted by Gasteiger charge is -2.11. The van der Waals surface area contributed by atoms with Gasteiger partial charge in [0.25, 0.3) is 5.56 Å². The van der Waals surface area contributed by atoms with Crippen LogP contribution in [0, 0.1) is 0 Å². The molecule has 1 heterocycles. The average Bonchev–Trinajstić information content (AvgIpc) is 2.48. The molecule has 0 atom stereocenters. The van der Waals surface area contributed by atoms with Crippen LogP contribution in [0.3, 0.4) is 0 Å². The highest BCUT2D eigenvalue weighted by atomic mass is 16.3. The normalized spacial score (nSPS) is 11.2. The van der Waals surface area contributed by atoms with Gasteiger partial charge in [-0.3, -0.25) is 4.79 Å². The molecule has 3 rings (SSSR count). The van der Waals surface area contributed by atoms with E-state index in [-0.39, 0.29) is 11.3 Å². The minimum Gasteiger partial charge on any atom is -0.507 e. The van der Waals surface area contributed by atoms with Gasteiger partial charge < -0.3 is 10.1 Å². The number of pyridine rings is 1. The summed E-state index contributed by atoms with van der Waals surface area (Å²) in [5, 5.41) is 11.3. The highest BCUT2D eigenvalue weighted by Crippen LogP contribution is 2.33. The Morgan fingerprint density at radius 2 is 1.86 bits per heavy atom. The highest BCUT2D eigenvalue weighted by molar-refractivity contribution is 5.99. The monoisotopic (exact) mass is 279 g/mol. The van der Waals surface area contributed by atoms with Crippen LogP contribution >= 0.6 is 0 Å². The molecule has 0 unspecified atom stereocenters. The van der Waals surface area contributed by atoms with Gasteiger partial charge in [0, 0.05) is 17.1 Å². The predicted molar refractivity (Wildman–Crippen MR) is 85.8 cm³/mol. The lowest BCUT2D eigenvalue weighted by molar-refractivity contribution is 0.481. The van der Waals surface area contributed by atoms with Crippen molar-refractivity contribution in [2.24, 2.45) is 0 Å². The van der Waals surface area contributed by atoms with Crippen LogP contribution < -0.4 is 5.56 Å². The molecule has 3 nitrogen and oxygen atoms in total. The molecule has 0 fully saturated rings. The van der Waals surface area contributed by atoms with Gasteiger partial charge in [-0.2, -0.15) is 0 Å². The summed E-state index contributed by atoms with van der Waals surface area (Å²) in [6.45, 7) is 4.28. The van der Waals surface area contributed by atoms with Crippen LogP contribution in [0.15, 0.2) is 53.5 Å². The summed E-state index contributed by atoms with van der Waals surface area (Å²) < 4.78 is 0. The first-order valence-corrected chi connectivity index (χ1v) is 7.01. The summed E-state index contributed by atoms with van der Waals surface area (Å²) in [4.78, 5) is 14.7. The molecule has 0 spiro atoms. The zero-order valence-corrected chi connectivity index (χ0v) is 12.1. The van der Waals surface area contributed by atoms with Crippen molar-refractivity contribution >= 4 is 10.8 Å². The number of phenolic OH excluding ortho intramolecular Hbond substituents is 1. The third kappa shape index (κ3) is 2.31. The largest absolute Gasteiger partial charge is 0.507 e. The van der Waals surface area contributed by atoms with Crippen LogP contribution in [0.1, 0.15) is 25.3 Å². The van der Waals surface area contributed by atoms with Crippen molar-refractivity contribution in [3.8, 4) is 16.9 Å². The van der Waals surface area contributed by atoms with Crippen LogP contribution in [0.25, 0.3) is 21.9 Å². The van der Waals surface area contributed by atoms with Crippen molar-refractivity contribution in [1.82, 2.24) is 4.98 Å². The maximum Gasteiger partial charge on any atom is 0.255 e. The molecule has 3 heteroatoms. The molecule has 21 heavy (non-hydrogen) atoms. The standard InChI is InChI=1S/C18H17NO2/c1-11(2)12-5-3-6-13(9-12)15-10-19-18(21)14-7-4-8-16(20)17(14)15/h3-11,20H,1-2H3,(H,19,21). The molecular formula is C18H17NO2. The Morgan fingerprint density at radius 1 is 1.10 bits per heavy atom. The van der Waals surface area contributed by atoms with E-state index in [4.69, 9.17) is 0 Å². The Labute approximate surface area is 122 Å². The maximum atomic E-state index is 11.9. The fraction of sp³-hybridized carbons (Fsp3) is 0.167. The molecule has 0 saturated carbocycles. The second-order valence-corrected chi connectivity index (χ2v) is 5.51. The van der Waals surface area contributed by atoms with E-state index in [9.17, 15) is 9.90 Å². The molecule has 2 aromatic carbocycles. The number of hydrogen-bond acceptors (Lipinski definition) is 2. The Hall–Kier alpha value is -2.55. The van der Waals surface area contributed by atoms with Gasteiger partial charge in [-0.15, -0.1) is 0 Å². The Morgan fingerprint density at radius 3 is 2.62 bits per heavy atom. The fourth-order valence-corrected chi connectivity index (χ4v) is 2.59. The summed E-state index contributed by atoms with van der Waals surface area (Å²) in [6.07, 6.45) is 1.67. The van der Waals surface area contributed by atoms with Crippen molar-refractivity contribution in [3.05, 3.63) is 64.6 Å². The highest BCUT2D eigenvalue weighted by Gasteiger charge is 2.11. The van der Waals surface area contributed by atoms with Gasteiger partial charge in [0.15, 0.2) is 0 Å². The van der Waals surface area contributed by atoms with Crippen molar-refractivity contribution < 1.29 is 5.11 Å². The first-order chi connectivity index (χ1) is 10.1. The van der Waals surface area contributed by atoms with Gasteiger partial charge in [0.1, 0.15) is 5.75 Å². The lowest BCUT2D eigenvalue weighted by atomic mass is 9.95. The van der Waals surface area contributed by atoms with E-state index in [2.05, 4.69) is 31.0 Å². The van der Waals surface area contributed by atoms with Crippen molar-refractivity contribution in [2.45, 2.75) is 19.8 Å². The van der Waals surface area contributed by atoms with Crippen LogP contribution in [-0.2, 0) is 0 Å². The molecule has 0 aliphatic carbocycles. The van der Waals surface area contributed by atoms with E-state index < -0.39 is 0 Å². The second-order valence-electron chi connectivity index (χ2n) is 5.51. The molecule has 106 valence electrons. The lowest BCUT2D eigenvalue weighted by Crippen LogP contribution is -2.05. The van der Waals surface area contributed by atoms with Gasteiger partial charge >= 0.3 is 0 Å². The number of aromatic hydroxyl groups is 1. The van der Waals surface area contributed by atoms with Crippen LogP contribution in [0.2, 0.25) is 0 Å². The van der Waals surface area contributed by atoms with E-state index in [1.54, 1.807) is 24.4 Å². The summed E-state index contributed by atoms with van der Waals surface area (Å²) in [6, 6.07) is 13.2. The van der Waals surface area contributed by atoms with E-state index in [1.807, 2.05) is 12.1 Å². The molecule has 0 amide bonds. The fourth-order valence-electron chi connectivity index (χ4n) is 2.59. The second kappa shape index (κ2) is 5.09. The maximum absolute atomic E-state index is 11.9. The van der Waals surface area contributed by atoms with Gasteiger partial charge in [-0.25, -0.2) is 0 Å². The first-order valence-electron chi connectivity index (χ1n) is 7.01. The average molecular weight is 279 g/mol. The van der Waals surface area contributed by atoms with Gasteiger partial charge in [-0.1, -0.05) is 44.2 Å². The molecule has 0 aliphatic heterocycles. The molecule has 0 bridgehead atoms. The van der Waals surface area contributed by atoms with Crippen LogP contribution in [0.5, 0.6) is 5.75 Å². The third-order valence-corrected chi connectivity index (χ3v) is 3.77. The number of hydrogen-bond donors (Lipinski definition) is 2. The summed E-state index contributed by atoms with van der Waals surface area (Å²) in [5.74, 6) is 0.552. The number of aromatic amines is 1. The number of aromatic nitrogens is 1. The summed E-state index contributed by atoms with van der Waals surface area (Å²) in [7, 11) is 0. The molecule has 0 aliphatic rings. The van der Waals surface area contributed by atoms with Gasteiger partial charge in [0.2, 0.25) is 0 Å². The molecule has 0 saturated heterocycles. The van der Waals surface area contributed by atoms with Crippen molar-refractivity contribution in [1.29, 1.82) is 0 Å². The zero-order chi connectivity index (χ0) is 15.0. The molecule has 2 N–H and O–H groups in total. The van der Waals surface area contributed by atoms with Crippen molar-refractivity contribution in [2.75, 3.05) is 0 Å². The number of benzene rings is 2. The quantitative estimate of drug-likeness (QED) is 0.744. The number of rotatable bonds is 2. The van der Waals surface area contributed by atoms with E-state index >= 15 is 0 Å². The summed E-state index contributed by atoms with van der Waals surface area (Å²) in [5.41, 5.74) is 2.86. The number of fused-ring (bicyclic) bond motifs is 1. The molecule has 0 radical (unpaired) electrons. The minimum atomic E-state index is -0.190. The predicted octanol–water partition coefficient (Wildman–Crippen LogP) is 4.02. The Bertz CT molecular complexity index is 862. The van der Waals surface area contributed by atoms with Crippen LogP contribution in [0.4, 0.5) is 0 Å². The Kier molecular flexibility index (Phi) is 3.26. The van der Waals surface area contributed by atoms with Gasteiger partial charge in [-0.05, 0) is 29.2 Å². The third-order valence-electron chi connectivity index (χ3n) is 3.77. The van der Waals surface area contributed by atoms with E-state index in [0.29, 0.717) is 16.7 Å². The number of phenols is 1. The first kappa shape index (κ1) is 13.4. The van der Waals surface area contributed by atoms with E-state index in [0.717, 1.165) is 11.1 Å². The number of H-pyrrole nitrogens is 1. The molecule has 1 aromatic heterocycles. The summed E-state index contributed by atoms with van der Waals surface area (Å²) >= 11 is 0. The van der Waals surface area contributed by atoms with E-state index in [1.165, 1.54) is 5.56 Å². The van der Waals surface area contributed by atoms with Crippen molar-refractivity contribution in [3.63, 3.8) is 0 Å². The van der Waals surface area contributed by atoms with Crippen LogP contribution in [-0.4, -0.2) is 10.1 Å². The number of nitrogens with one attached hydrogen (secondary N) is 1. The Balaban J connectivity index is 2.33.